The first-order valence-electron chi connectivity index (χ1n) is 12.4. The van der Waals surface area contributed by atoms with E-state index in [2.05, 4.69) is 21.1 Å². The minimum atomic E-state index is -3.98. The monoisotopic (exact) mass is 606 g/mol. The highest BCUT2D eigenvalue weighted by atomic mass is 35.5. The van der Waals surface area contributed by atoms with Gasteiger partial charge >= 0.3 is 6.09 Å². The number of nitrogens with zero attached hydrogens (tertiary/aromatic N) is 2. The van der Waals surface area contributed by atoms with Crippen molar-refractivity contribution in [2.45, 2.75) is 37.1 Å². The van der Waals surface area contributed by atoms with E-state index in [4.69, 9.17) is 16.3 Å². The predicted molar refractivity (Wildman–Crippen MR) is 162 cm³/mol. The van der Waals surface area contributed by atoms with Gasteiger partial charge in [0.2, 0.25) is 5.96 Å². The van der Waals surface area contributed by atoms with Crippen molar-refractivity contribution in [3.8, 4) is 28.3 Å². The Morgan fingerprint density at radius 1 is 1.00 bits per heavy atom. The van der Waals surface area contributed by atoms with Gasteiger partial charge in [0.05, 0.1) is 18.2 Å². The molecule has 2 N–H and O–H groups in total. The number of benzene rings is 3. The summed E-state index contributed by atoms with van der Waals surface area (Å²) < 4.78 is 33.5. The second kappa shape index (κ2) is 12.6. The van der Waals surface area contributed by atoms with Gasteiger partial charge in [-0.15, -0.1) is 11.3 Å². The second-order valence-electron chi connectivity index (χ2n) is 9.91. The Balaban J connectivity index is 1.70. The van der Waals surface area contributed by atoms with E-state index in [1.807, 2.05) is 42.5 Å². The van der Waals surface area contributed by atoms with Crippen LogP contribution >= 0.6 is 22.9 Å². The van der Waals surface area contributed by atoms with Crippen LogP contribution in [0.4, 0.5) is 4.79 Å². The van der Waals surface area contributed by atoms with Crippen molar-refractivity contribution >= 4 is 45.0 Å². The fourth-order valence-corrected chi connectivity index (χ4v) is 5.90. The maximum absolute atomic E-state index is 12.9. The normalized spacial score (nSPS) is 11.9. The summed E-state index contributed by atoms with van der Waals surface area (Å²) >= 11 is 7.17. The molecule has 1 amide bonds. The molecule has 0 bridgehead atoms. The standard InChI is InChI=1S/C30H27ClN4O4S2/c1-30(2,3)39-29(36)34-28(35-41(37,38)27-5-4-16-40-27)33-19-21-8-15-25(22-9-6-20(18-32)7-10-22)26(17-21)23-11-13-24(31)14-12-23/h4-17H,19H2,1-3H3,(H2,33,34,35,36). The summed E-state index contributed by atoms with van der Waals surface area (Å²) in [7, 11) is -3.98. The van der Waals surface area contributed by atoms with Gasteiger partial charge in [-0.25, -0.2) is 22.9 Å². The van der Waals surface area contributed by atoms with Gasteiger partial charge in [-0.3, -0.25) is 5.32 Å². The number of carbonyl (C=O) groups is 1. The Morgan fingerprint density at radius 3 is 2.27 bits per heavy atom. The van der Waals surface area contributed by atoms with Gasteiger partial charge < -0.3 is 4.74 Å². The number of halogens is 1. The van der Waals surface area contributed by atoms with Crippen LogP contribution in [-0.2, 0) is 21.3 Å². The molecule has 0 saturated carbocycles. The molecule has 0 radical (unpaired) electrons. The number of ether oxygens (including phenoxy) is 1. The van der Waals surface area contributed by atoms with Gasteiger partial charge in [0.1, 0.15) is 9.81 Å². The molecule has 0 atom stereocenters. The summed E-state index contributed by atoms with van der Waals surface area (Å²) in [6.07, 6.45) is -0.844. The van der Waals surface area contributed by atoms with E-state index in [-0.39, 0.29) is 16.7 Å². The van der Waals surface area contributed by atoms with E-state index < -0.39 is 21.7 Å². The topological polar surface area (TPSA) is 121 Å². The van der Waals surface area contributed by atoms with Crippen LogP contribution in [0.3, 0.4) is 0 Å². The van der Waals surface area contributed by atoms with Crippen LogP contribution in [0.25, 0.3) is 22.3 Å². The Bertz CT molecular complexity index is 1700. The minimum absolute atomic E-state index is 0.0479. The van der Waals surface area contributed by atoms with Gasteiger partial charge in [0, 0.05) is 5.02 Å². The molecule has 11 heteroatoms. The van der Waals surface area contributed by atoms with Gasteiger partial charge in [-0.2, -0.15) is 5.26 Å². The number of hydrogen-bond acceptors (Lipinski definition) is 7. The first kappa shape index (κ1) is 29.8. The van der Waals surface area contributed by atoms with Crippen molar-refractivity contribution < 1.29 is 17.9 Å². The van der Waals surface area contributed by atoms with Crippen LogP contribution in [0.1, 0.15) is 31.9 Å². The summed E-state index contributed by atoms with van der Waals surface area (Å²) in [5.41, 5.74) is 4.16. The van der Waals surface area contributed by atoms with Crippen LogP contribution in [0, 0.1) is 11.3 Å². The van der Waals surface area contributed by atoms with Crippen LogP contribution < -0.4 is 10.0 Å². The number of rotatable bonds is 6. The van der Waals surface area contributed by atoms with Crippen molar-refractivity contribution in [2.24, 2.45) is 4.99 Å². The van der Waals surface area contributed by atoms with Gasteiger partial charge in [-0.1, -0.05) is 54.1 Å². The molecule has 0 aliphatic carbocycles. The van der Waals surface area contributed by atoms with Crippen molar-refractivity contribution in [1.82, 2.24) is 10.0 Å². The molecule has 41 heavy (non-hydrogen) atoms. The van der Waals surface area contributed by atoms with E-state index >= 15 is 0 Å². The number of aliphatic imine (C=N–C) groups is 1. The molecule has 0 saturated heterocycles. The maximum atomic E-state index is 12.9. The summed E-state index contributed by atoms with van der Waals surface area (Å²) in [4.78, 5) is 16.9. The smallest absolute Gasteiger partial charge is 0.414 e. The van der Waals surface area contributed by atoms with Crippen molar-refractivity contribution in [2.75, 3.05) is 0 Å². The minimum Gasteiger partial charge on any atom is -0.444 e. The summed E-state index contributed by atoms with van der Waals surface area (Å²) in [6, 6.07) is 25.6. The fourth-order valence-electron chi connectivity index (χ4n) is 3.80. The molecule has 0 unspecified atom stereocenters. The van der Waals surface area contributed by atoms with Gasteiger partial charge in [0.25, 0.3) is 10.0 Å². The molecule has 210 valence electrons. The lowest BCUT2D eigenvalue weighted by molar-refractivity contribution is 0.0562. The van der Waals surface area contributed by atoms with Crippen molar-refractivity contribution in [3.63, 3.8) is 0 Å². The van der Waals surface area contributed by atoms with Crippen LogP contribution in [0.15, 0.2) is 93.4 Å². The molecule has 4 rings (SSSR count). The number of alkyl carbamates (subject to hydrolysis) is 1. The number of thiophene rings is 1. The van der Waals surface area contributed by atoms with Crippen LogP contribution in [0.2, 0.25) is 5.02 Å². The van der Waals surface area contributed by atoms with E-state index in [0.29, 0.717) is 10.6 Å². The molecule has 0 aliphatic heterocycles. The van der Waals surface area contributed by atoms with E-state index in [0.717, 1.165) is 39.2 Å². The number of amides is 1. The Hall–Kier alpha value is -4.17. The van der Waals surface area contributed by atoms with E-state index in [1.165, 1.54) is 6.07 Å². The van der Waals surface area contributed by atoms with Crippen LogP contribution in [-0.4, -0.2) is 26.1 Å². The first-order chi connectivity index (χ1) is 19.4. The number of nitrogens with one attached hydrogen (secondary N) is 2. The summed E-state index contributed by atoms with van der Waals surface area (Å²) in [5.74, 6) is -0.267. The molecular formula is C30H27ClN4O4S2. The Kier molecular flexibility index (Phi) is 9.13. The Labute approximate surface area is 248 Å². The SMILES string of the molecule is CC(C)(C)OC(=O)NC(=NCc1ccc(-c2ccc(C#N)cc2)c(-c2ccc(Cl)cc2)c1)NS(=O)(=O)c1cccs1. The van der Waals surface area contributed by atoms with Crippen molar-refractivity contribution in [3.05, 3.63) is 100 Å². The van der Waals surface area contributed by atoms with Gasteiger partial charge in [0.15, 0.2) is 0 Å². The third kappa shape index (κ3) is 8.17. The molecule has 0 aliphatic rings. The Morgan fingerprint density at radius 2 is 1.66 bits per heavy atom. The third-order valence-electron chi connectivity index (χ3n) is 5.59. The van der Waals surface area contributed by atoms with E-state index in [1.54, 1.807) is 56.5 Å². The lowest BCUT2D eigenvalue weighted by Gasteiger charge is -2.20. The zero-order valence-corrected chi connectivity index (χ0v) is 24.9. The second-order valence-corrected chi connectivity index (χ2v) is 13.2. The molecule has 0 fully saturated rings. The highest BCUT2D eigenvalue weighted by Gasteiger charge is 2.22. The summed E-state index contributed by atoms with van der Waals surface area (Å²) in [5, 5.41) is 13.8. The molecule has 4 aromatic rings. The molecule has 1 aromatic heterocycles. The number of sulfonamides is 1. The van der Waals surface area contributed by atoms with Gasteiger partial charge in [-0.05, 0) is 90.4 Å². The number of hydrogen-bond donors (Lipinski definition) is 2. The first-order valence-corrected chi connectivity index (χ1v) is 15.2. The number of nitriles is 1. The average Bonchev–Trinajstić information content (AvgIpc) is 3.47. The fraction of sp³-hybridized carbons (Fsp3) is 0.167. The zero-order valence-electron chi connectivity index (χ0n) is 22.5. The van der Waals surface area contributed by atoms with Crippen molar-refractivity contribution in [1.29, 1.82) is 5.26 Å². The summed E-state index contributed by atoms with van der Waals surface area (Å²) in [6.45, 7) is 5.15. The van der Waals surface area contributed by atoms with Crippen LogP contribution in [0.5, 0.6) is 0 Å². The maximum Gasteiger partial charge on any atom is 0.414 e. The molecule has 8 nitrogen and oxygen atoms in total. The molecule has 3 aromatic carbocycles. The van der Waals surface area contributed by atoms with E-state index in [9.17, 15) is 18.5 Å². The lowest BCUT2D eigenvalue weighted by atomic mass is 9.92. The largest absolute Gasteiger partial charge is 0.444 e. The quantitative estimate of drug-likeness (QED) is 0.181. The highest BCUT2D eigenvalue weighted by molar-refractivity contribution is 7.92. The number of carbonyl (C=O) groups excluding carboxylic acids is 1. The third-order valence-corrected chi connectivity index (χ3v) is 8.58. The molecule has 0 spiro atoms. The average molecular weight is 607 g/mol. The predicted octanol–water partition coefficient (Wildman–Crippen LogP) is 6.97. The highest BCUT2D eigenvalue weighted by Crippen LogP contribution is 2.34. The lowest BCUT2D eigenvalue weighted by Crippen LogP contribution is -2.45. The molecule has 1 heterocycles. The zero-order chi connectivity index (χ0) is 29.6. The molecular weight excluding hydrogens is 580 g/mol. The number of guanidine groups is 1.